The largest absolute Gasteiger partial charge is 0.495 e. The number of aromatic nitrogens is 1. The number of benzene rings is 2. The normalized spacial score (nSPS) is 12.5. The molecule has 3 aromatic rings. The van der Waals surface area contributed by atoms with Gasteiger partial charge in [0.1, 0.15) is 11.8 Å². The molecule has 10 nitrogen and oxygen atoms in total. The highest BCUT2D eigenvalue weighted by Crippen LogP contribution is 2.31. The Labute approximate surface area is 209 Å². The standard InChI is InChI=1S/C22H23ClN4O6S2/c1-15(27(34(3,29)30)18-8-11-21(33-2)20(23)13-18)22(28)25-16-6-9-19(10-7-16)35(31,32)26-17-5-4-12-24-14-17/h4-15,26H,1-3H3,(H,25,28)/t15-/m0/s1. The van der Waals surface area contributed by atoms with E-state index in [0.717, 1.165) is 10.6 Å². The van der Waals surface area contributed by atoms with Gasteiger partial charge >= 0.3 is 0 Å². The second-order valence-corrected chi connectivity index (χ2v) is 11.4. The van der Waals surface area contributed by atoms with E-state index in [1.807, 2.05) is 0 Å². The van der Waals surface area contributed by atoms with Crippen molar-refractivity contribution in [1.82, 2.24) is 4.98 Å². The fourth-order valence-electron chi connectivity index (χ4n) is 3.20. The molecule has 0 aliphatic heterocycles. The van der Waals surface area contributed by atoms with Crippen LogP contribution in [0.2, 0.25) is 5.02 Å². The zero-order valence-corrected chi connectivity index (χ0v) is 21.4. The molecule has 0 fully saturated rings. The summed E-state index contributed by atoms with van der Waals surface area (Å²) >= 11 is 6.14. The Morgan fingerprint density at radius 2 is 1.74 bits per heavy atom. The predicted octanol–water partition coefficient (Wildman–Crippen LogP) is 3.34. The second kappa shape index (κ2) is 10.5. The summed E-state index contributed by atoms with van der Waals surface area (Å²) < 4.78 is 58.5. The lowest BCUT2D eigenvalue weighted by Crippen LogP contribution is -2.45. The minimum absolute atomic E-state index is 0.0296. The number of rotatable bonds is 9. The van der Waals surface area contributed by atoms with Crippen LogP contribution < -0.4 is 19.1 Å². The molecule has 0 spiro atoms. The number of methoxy groups -OCH3 is 1. The Morgan fingerprint density at radius 3 is 2.29 bits per heavy atom. The number of hydrogen-bond donors (Lipinski definition) is 2. The number of ether oxygens (including phenoxy) is 1. The van der Waals surface area contributed by atoms with Crippen LogP contribution in [0.15, 0.2) is 71.9 Å². The minimum atomic E-state index is -3.87. The number of hydrogen-bond acceptors (Lipinski definition) is 7. The number of carbonyl (C=O) groups excluding carboxylic acids is 1. The Kier molecular flexibility index (Phi) is 7.88. The lowest BCUT2D eigenvalue weighted by molar-refractivity contribution is -0.116. The third-order valence-electron chi connectivity index (χ3n) is 4.82. The maximum Gasteiger partial charge on any atom is 0.261 e. The van der Waals surface area contributed by atoms with E-state index in [4.69, 9.17) is 16.3 Å². The van der Waals surface area contributed by atoms with Crippen molar-refractivity contribution in [1.29, 1.82) is 0 Å². The molecule has 2 aromatic carbocycles. The zero-order chi connectivity index (χ0) is 25.8. The monoisotopic (exact) mass is 538 g/mol. The van der Waals surface area contributed by atoms with E-state index in [1.165, 1.54) is 68.9 Å². The molecular formula is C22H23ClN4O6S2. The lowest BCUT2D eigenvalue weighted by Gasteiger charge is -2.28. The number of sulfonamides is 2. The molecule has 2 N–H and O–H groups in total. The predicted molar refractivity (Wildman–Crippen MR) is 135 cm³/mol. The molecule has 3 rings (SSSR count). The van der Waals surface area contributed by atoms with Crippen LogP contribution in [0.25, 0.3) is 0 Å². The first-order valence-electron chi connectivity index (χ1n) is 10.1. The Hall–Kier alpha value is -3.35. The van der Waals surface area contributed by atoms with E-state index in [9.17, 15) is 21.6 Å². The van der Waals surface area contributed by atoms with Gasteiger partial charge in [0.2, 0.25) is 15.9 Å². The lowest BCUT2D eigenvalue weighted by atomic mass is 10.2. The van der Waals surface area contributed by atoms with Gasteiger partial charge in [0.25, 0.3) is 10.0 Å². The fraction of sp³-hybridized carbons (Fsp3) is 0.182. The topological polar surface area (TPSA) is 135 Å². The number of nitrogens with zero attached hydrogens (tertiary/aromatic N) is 2. The van der Waals surface area contributed by atoms with E-state index in [0.29, 0.717) is 11.4 Å². The van der Waals surface area contributed by atoms with Crippen molar-refractivity contribution in [3.8, 4) is 5.75 Å². The summed E-state index contributed by atoms with van der Waals surface area (Å²) in [4.78, 5) is 16.7. The van der Waals surface area contributed by atoms with Gasteiger partial charge in [-0.2, -0.15) is 0 Å². The summed E-state index contributed by atoms with van der Waals surface area (Å²) in [5, 5.41) is 2.78. The minimum Gasteiger partial charge on any atom is -0.495 e. The van der Waals surface area contributed by atoms with Crippen molar-refractivity contribution in [2.45, 2.75) is 17.9 Å². The van der Waals surface area contributed by atoms with Crippen LogP contribution in [0.5, 0.6) is 5.75 Å². The van der Waals surface area contributed by atoms with E-state index in [-0.39, 0.29) is 21.3 Å². The second-order valence-electron chi connectivity index (χ2n) is 7.41. The quantitative estimate of drug-likeness (QED) is 0.426. The maximum absolute atomic E-state index is 12.9. The van der Waals surface area contributed by atoms with Gasteiger partial charge in [-0.3, -0.25) is 18.8 Å². The molecule has 0 aliphatic rings. The molecule has 0 radical (unpaired) electrons. The molecule has 13 heteroatoms. The number of pyridine rings is 1. The molecule has 0 aliphatic carbocycles. The molecule has 35 heavy (non-hydrogen) atoms. The van der Waals surface area contributed by atoms with Gasteiger partial charge in [-0.15, -0.1) is 0 Å². The highest BCUT2D eigenvalue weighted by atomic mass is 35.5. The molecule has 0 saturated heterocycles. The van der Waals surface area contributed by atoms with Gasteiger partial charge in [-0.1, -0.05) is 11.6 Å². The molecular weight excluding hydrogens is 516 g/mol. The first-order valence-corrected chi connectivity index (χ1v) is 13.8. The van der Waals surface area contributed by atoms with Crippen LogP contribution in [-0.4, -0.2) is 47.1 Å². The third kappa shape index (κ3) is 6.41. The number of amides is 1. The van der Waals surface area contributed by atoms with E-state index < -0.39 is 32.0 Å². The third-order valence-corrected chi connectivity index (χ3v) is 7.76. The summed E-state index contributed by atoms with van der Waals surface area (Å²) in [6, 6.07) is 11.8. The Bertz CT molecular complexity index is 1420. The number of carbonyl (C=O) groups is 1. The van der Waals surface area contributed by atoms with Crippen LogP contribution in [0.3, 0.4) is 0 Å². The highest BCUT2D eigenvalue weighted by Gasteiger charge is 2.30. The Morgan fingerprint density at radius 1 is 1.06 bits per heavy atom. The van der Waals surface area contributed by atoms with Gasteiger partial charge in [0.15, 0.2) is 0 Å². The van der Waals surface area contributed by atoms with Crippen molar-refractivity contribution in [3.63, 3.8) is 0 Å². The SMILES string of the molecule is COc1ccc(N([C@@H](C)C(=O)Nc2ccc(S(=O)(=O)Nc3cccnc3)cc2)S(C)(=O)=O)cc1Cl. The van der Waals surface area contributed by atoms with Crippen molar-refractivity contribution in [2.75, 3.05) is 27.7 Å². The summed E-state index contributed by atoms with van der Waals surface area (Å²) in [6.07, 6.45) is 3.87. The average Bonchev–Trinajstić information content (AvgIpc) is 2.79. The summed E-state index contributed by atoms with van der Waals surface area (Å²) in [5.74, 6) is -0.277. The number of nitrogens with one attached hydrogen (secondary N) is 2. The fourth-order valence-corrected chi connectivity index (χ4v) is 5.66. The first kappa shape index (κ1) is 26.3. The van der Waals surface area contributed by atoms with Crippen molar-refractivity contribution in [3.05, 3.63) is 72.0 Å². The van der Waals surface area contributed by atoms with Crippen LogP contribution in [0.1, 0.15) is 6.92 Å². The molecule has 0 saturated carbocycles. The number of anilines is 3. The van der Waals surface area contributed by atoms with E-state index in [1.54, 1.807) is 12.1 Å². The van der Waals surface area contributed by atoms with Gasteiger partial charge in [-0.25, -0.2) is 16.8 Å². The smallest absolute Gasteiger partial charge is 0.261 e. The molecule has 1 aromatic heterocycles. The molecule has 0 unspecified atom stereocenters. The Balaban J connectivity index is 1.78. The number of halogens is 1. The van der Waals surface area contributed by atoms with Gasteiger partial charge < -0.3 is 10.1 Å². The van der Waals surface area contributed by atoms with Crippen molar-refractivity contribution >= 4 is 54.6 Å². The van der Waals surface area contributed by atoms with E-state index in [2.05, 4.69) is 15.0 Å². The highest BCUT2D eigenvalue weighted by molar-refractivity contribution is 7.92. The van der Waals surface area contributed by atoms with Crippen LogP contribution in [0.4, 0.5) is 17.1 Å². The van der Waals surface area contributed by atoms with Crippen LogP contribution >= 0.6 is 11.6 Å². The summed E-state index contributed by atoms with van der Waals surface area (Å²) in [5.41, 5.74) is 0.769. The van der Waals surface area contributed by atoms with Crippen LogP contribution in [0, 0.1) is 0 Å². The van der Waals surface area contributed by atoms with Gasteiger partial charge in [0.05, 0.1) is 40.9 Å². The first-order chi connectivity index (χ1) is 16.4. The molecule has 0 bridgehead atoms. The molecule has 1 amide bonds. The molecule has 1 heterocycles. The van der Waals surface area contributed by atoms with Gasteiger partial charge in [-0.05, 0) is 61.5 Å². The van der Waals surface area contributed by atoms with Crippen molar-refractivity contribution < 1.29 is 26.4 Å². The van der Waals surface area contributed by atoms with Crippen molar-refractivity contribution in [2.24, 2.45) is 0 Å². The molecule has 186 valence electrons. The molecule has 1 atom stereocenters. The zero-order valence-electron chi connectivity index (χ0n) is 19.0. The average molecular weight is 539 g/mol. The maximum atomic E-state index is 12.9. The summed E-state index contributed by atoms with van der Waals surface area (Å²) in [7, 11) is -6.31. The van der Waals surface area contributed by atoms with E-state index >= 15 is 0 Å². The summed E-state index contributed by atoms with van der Waals surface area (Å²) in [6.45, 7) is 1.42. The van der Waals surface area contributed by atoms with Gasteiger partial charge in [0, 0.05) is 11.9 Å². The van der Waals surface area contributed by atoms with Crippen LogP contribution in [-0.2, 0) is 24.8 Å².